The van der Waals surface area contributed by atoms with Gasteiger partial charge in [0.25, 0.3) is 0 Å². The largest absolute Gasteiger partial charge is 0.504 e. The summed E-state index contributed by atoms with van der Waals surface area (Å²) < 4.78 is 10.2. The number of benzene rings is 1. The summed E-state index contributed by atoms with van der Waals surface area (Å²) in [6.07, 6.45) is 1.89. The standard InChI is InChI=1S/C19H22O7/c1-3-13-14(15(11(2)20)10-26-19(13)24)9-18(23)25-7-6-12-4-5-16(21)17(22)8-12/h3-5,8,10,14,19,21-22,24H,6-7,9H2,1-2H3/b13-3-/t14-,19-/m1/s1. The number of carbonyl (C=O) groups excluding carboxylic acids is 2. The zero-order valence-electron chi connectivity index (χ0n) is 14.6. The highest BCUT2D eigenvalue weighted by Gasteiger charge is 2.33. The molecule has 1 aromatic carbocycles. The first-order chi connectivity index (χ1) is 12.3. The van der Waals surface area contributed by atoms with Crippen LogP contribution in [0.4, 0.5) is 0 Å². The molecule has 0 unspecified atom stereocenters. The van der Waals surface area contributed by atoms with Crippen molar-refractivity contribution in [1.82, 2.24) is 0 Å². The number of esters is 1. The molecule has 0 saturated heterocycles. The lowest BCUT2D eigenvalue weighted by Gasteiger charge is -2.29. The van der Waals surface area contributed by atoms with Crippen LogP contribution in [0.25, 0.3) is 0 Å². The van der Waals surface area contributed by atoms with E-state index in [-0.39, 0.29) is 30.3 Å². The number of carbonyl (C=O) groups is 2. The van der Waals surface area contributed by atoms with Crippen LogP contribution in [0.1, 0.15) is 25.8 Å². The molecule has 26 heavy (non-hydrogen) atoms. The van der Waals surface area contributed by atoms with Crippen LogP contribution < -0.4 is 0 Å². The van der Waals surface area contributed by atoms with Crippen LogP contribution in [0, 0.1) is 5.92 Å². The molecule has 0 fully saturated rings. The minimum absolute atomic E-state index is 0.0825. The molecule has 0 aliphatic carbocycles. The van der Waals surface area contributed by atoms with Crippen molar-refractivity contribution in [2.75, 3.05) is 6.61 Å². The van der Waals surface area contributed by atoms with Gasteiger partial charge in [0.15, 0.2) is 17.3 Å². The first kappa shape index (κ1) is 19.5. The first-order valence-electron chi connectivity index (χ1n) is 8.20. The SMILES string of the molecule is C/C=C1\[C@H](O)OC=C(C(C)=O)[C@@H]1CC(=O)OCCc1ccc(O)c(O)c1. The van der Waals surface area contributed by atoms with E-state index >= 15 is 0 Å². The topological polar surface area (TPSA) is 113 Å². The zero-order valence-corrected chi connectivity index (χ0v) is 14.6. The van der Waals surface area contributed by atoms with Gasteiger partial charge in [-0.15, -0.1) is 0 Å². The Hall–Kier alpha value is -2.80. The third-order valence-corrected chi connectivity index (χ3v) is 4.19. The Kier molecular flexibility index (Phi) is 6.41. The molecule has 0 amide bonds. The second-order valence-electron chi connectivity index (χ2n) is 5.96. The summed E-state index contributed by atoms with van der Waals surface area (Å²) in [5, 5.41) is 28.6. The van der Waals surface area contributed by atoms with Crippen molar-refractivity contribution in [1.29, 1.82) is 0 Å². The molecule has 7 nitrogen and oxygen atoms in total. The van der Waals surface area contributed by atoms with E-state index in [9.17, 15) is 24.9 Å². The fourth-order valence-electron chi connectivity index (χ4n) is 2.78. The van der Waals surface area contributed by atoms with Crippen molar-refractivity contribution in [3.63, 3.8) is 0 Å². The fraction of sp³-hybridized carbons (Fsp3) is 0.368. The number of phenols is 2. The Morgan fingerprint density at radius 1 is 1.27 bits per heavy atom. The summed E-state index contributed by atoms with van der Waals surface area (Å²) in [7, 11) is 0. The molecule has 0 aromatic heterocycles. The molecule has 7 heteroatoms. The summed E-state index contributed by atoms with van der Waals surface area (Å²) in [5.74, 6) is -1.80. The smallest absolute Gasteiger partial charge is 0.306 e. The van der Waals surface area contributed by atoms with Gasteiger partial charge < -0.3 is 24.8 Å². The number of allylic oxidation sites excluding steroid dienone is 2. The third-order valence-electron chi connectivity index (χ3n) is 4.19. The van der Waals surface area contributed by atoms with Crippen molar-refractivity contribution in [2.45, 2.75) is 33.0 Å². The third kappa shape index (κ3) is 4.64. The van der Waals surface area contributed by atoms with E-state index in [1.165, 1.54) is 25.3 Å². The monoisotopic (exact) mass is 362 g/mol. The highest BCUT2D eigenvalue weighted by molar-refractivity contribution is 5.95. The summed E-state index contributed by atoms with van der Waals surface area (Å²) in [4.78, 5) is 23.9. The predicted molar refractivity (Wildman–Crippen MR) is 92.2 cm³/mol. The molecule has 140 valence electrons. The van der Waals surface area contributed by atoms with E-state index in [0.717, 1.165) is 0 Å². The summed E-state index contributed by atoms with van der Waals surface area (Å²) in [6, 6.07) is 4.37. The van der Waals surface area contributed by atoms with Crippen LogP contribution in [0.15, 0.2) is 41.7 Å². The quantitative estimate of drug-likeness (QED) is 0.403. The number of rotatable bonds is 6. The van der Waals surface area contributed by atoms with Gasteiger partial charge >= 0.3 is 5.97 Å². The van der Waals surface area contributed by atoms with Crippen molar-refractivity contribution in [3.05, 3.63) is 47.2 Å². The zero-order chi connectivity index (χ0) is 19.3. The van der Waals surface area contributed by atoms with Crippen molar-refractivity contribution in [3.8, 4) is 11.5 Å². The van der Waals surface area contributed by atoms with E-state index in [4.69, 9.17) is 9.47 Å². The van der Waals surface area contributed by atoms with E-state index in [0.29, 0.717) is 23.1 Å². The number of hydrogen-bond donors (Lipinski definition) is 3. The van der Waals surface area contributed by atoms with E-state index < -0.39 is 18.2 Å². The van der Waals surface area contributed by atoms with Crippen LogP contribution in [-0.4, -0.2) is 40.0 Å². The number of ketones is 1. The van der Waals surface area contributed by atoms with Gasteiger partial charge in [-0.3, -0.25) is 9.59 Å². The van der Waals surface area contributed by atoms with Gasteiger partial charge in [0.2, 0.25) is 6.29 Å². The van der Waals surface area contributed by atoms with Gasteiger partial charge in [0, 0.05) is 23.5 Å². The first-order valence-corrected chi connectivity index (χ1v) is 8.20. The lowest BCUT2D eigenvalue weighted by molar-refractivity contribution is -0.144. The Morgan fingerprint density at radius 3 is 2.62 bits per heavy atom. The van der Waals surface area contributed by atoms with Crippen LogP contribution >= 0.6 is 0 Å². The normalized spacial score (nSPS) is 21.0. The van der Waals surface area contributed by atoms with E-state index in [2.05, 4.69) is 0 Å². The second-order valence-corrected chi connectivity index (χ2v) is 5.96. The second kappa shape index (κ2) is 8.53. The molecule has 1 aliphatic heterocycles. The minimum atomic E-state index is -1.19. The molecule has 0 bridgehead atoms. The Labute approximate surface area is 151 Å². The molecule has 1 aliphatic rings. The van der Waals surface area contributed by atoms with Gasteiger partial charge in [-0.05, 0) is 31.5 Å². The van der Waals surface area contributed by atoms with Crippen LogP contribution in [0.3, 0.4) is 0 Å². The van der Waals surface area contributed by atoms with Gasteiger partial charge in [0.1, 0.15) is 0 Å². The van der Waals surface area contributed by atoms with Crippen molar-refractivity contribution < 1.29 is 34.4 Å². The van der Waals surface area contributed by atoms with Crippen molar-refractivity contribution >= 4 is 11.8 Å². The van der Waals surface area contributed by atoms with Crippen LogP contribution in [-0.2, 0) is 25.5 Å². The molecular formula is C19H22O7. The molecule has 0 saturated carbocycles. The number of aliphatic hydroxyl groups excluding tert-OH is 1. The maximum Gasteiger partial charge on any atom is 0.306 e. The number of aromatic hydroxyl groups is 2. The fourth-order valence-corrected chi connectivity index (χ4v) is 2.78. The molecule has 1 aromatic rings. The van der Waals surface area contributed by atoms with E-state index in [1.807, 2.05) is 0 Å². The highest BCUT2D eigenvalue weighted by Crippen LogP contribution is 2.32. The number of Topliss-reactive ketones (excluding diaryl/α,β-unsaturated/α-hetero) is 1. The predicted octanol–water partition coefficient (Wildman–Crippen LogP) is 1.96. The molecular weight excluding hydrogens is 340 g/mol. The number of phenolic OH excluding ortho intramolecular Hbond substituents is 2. The van der Waals surface area contributed by atoms with E-state index in [1.54, 1.807) is 19.1 Å². The summed E-state index contributed by atoms with van der Waals surface area (Å²) in [5.41, 5.74) is 1.45. The Balaban J connectivity index is 1.96. The summed E-state index contributed by atoms with van der Waals surface area (Å²) >= 11 is 0. The molecule has 0 spiro atoms. The Bertz CT molecular complexity index is 748. The van der Waals surface area contributed by atoms with Crippen LogP contribution in [0.5, 0.6) is 11.5 Å². The minimum Gasteiger partial charge on any atom is -0.504 e. The van der Waals surface area contributed by atoms with Gasteiger partial charge in [0.05, 0.1) is 19.3 Å². The molecule has 0 radical (unpaired) electrons. The maximum absolute atomic E-state index is 12.2. The van der Waals surface area contributed by atoms with Gasteiger partial charge in [-0.1, -0.05) is 12.1 Å². The lowest BCUT2D eigenvalue weighted by Crippen LogP contribution is -2.30. The molecule has 1 heterocycles. The van der Waals surface area contributed by atoms with Crippen LogP contribution in [0.2, 0.25) is 0 Å². The maximum atomic E-state index is 12.2. The van der Waals surface area contributed by atoms with Gasteiger partial charge in [-0.25, -0.2) is 0 Å². The lowest BCUT2D eigenvalue weighted by atomic mass is 9.84. The molecule has 2 rings (SSSR count). The number of ether oxygens (including phenoxy) is 2. The Morgan fingerprint density at radius 2 is 2.00 bits per heavy atom. The van der Waals surface area contributed by atoms with Gasteiger partial charge in [-0.2, -0.15) is 0 Å². The number of hydrogen-bond acceptors (Lipinski definition) is 7. The highest BCUT2D eigenvalue weighted by atomic mass is 16.6. The molecule has 2 atom stereocenters. The summed E-state index contributed by atoms with van der Waals surface area (Å²) in [6.45, 7) is 3.15. The average Bonchev–Trinajstić information content (AvgIpc) is 2.58. The average molecular weight is 362 g/mol. The molecule has 3 N–H and O–H groups in total. The number of aliphatic hydroxyl groups is 1. The van der Waals surface area contributed by atoms with Crippen molar-refractivity contribution in [2.24, 2.45) is 5.92 Å².